The van der Waals surface area contributed by atoms with E-state index in [1.807, 2.05) is 0 Å². The Morgan fingerprint density at radius 3 is 2.76 bits per heavy atom. The number of hydrazone groups is 1. The molecule has 0 spiro atoms. The molecule has 148 valence electrons. The number of amides is 2. The first-order valence-electron chi connectivity index (χ1n) is 9.24. The summed E-state index contributed by atoms with van der Waals surface area (Å²) in [6.45, 7) is 0.980. The van der Waals surface area contributed by atoms with Gasteiger partial charge in [-0.3, -0.25) is 9.59 Å². The highest BCUT2D eigenvalue weighted by Crippen LogP contribution is 2.37. The van der Waals surface area contributed by atoms with Crippen molar-refractivity contribution in [2.45, 2.75) is 25.7 Å². The molecule has 0 radical (unpaired) electrons. The molecule has 1 aliphatic carbocycles. The molecule has 0 saturated heterocycles. The zero-order chi connectivity index (χ0) is 20.2. The lowest BCUT2D eigenvalue weighted by molar-refractivity contribution is -0.136. The van der Waals surface area contributed by atoms with Gasteiger partial charge in [0, 0.05) is 4.88 Å². The van der Waals surface area contributed by atoms with Gasteiger partial charge in [-0.1, -0.05) is 0 Å². The van der Waals surface area contributed by atoms with E-state index < -0.39 is 11.8 Å². The summed E-state index contributed by atoms with van der Waals surface area (Å²) in [5, 5.41) is 16.2. The summed E-state index contributed by atoms with van der Waals surface area (Å²) in [7, 11) is 0. The Balaban J connectivity index is 1.38. The molecule has 0 bridgehead atoms. The fourth-order valence-electron chi connectivity index (χ4n) is 3.29. The number of carbonyl (C=O) groups is 2. The summed E-state index contributed by atoms with van der Waals surface area (Å²) in [5.41, 5.74) is 4.35. The lowest BCUT2D eigenvalue weighted by Crippen LogP contribution is -2.32. The van der Waals surface area contributed by atoms with Crippen LogP contribution in [0.3, 0.4) is 0 Å². The molecular formula is C20H18N4O4S. The largest absolute Gasteiger partial charge is 0.486 e. The maximum absolute atomic E-state index is 12.2. The maximum Gasteiger partial charge on any atom is 0.329 e. The summed E-state index contributed by atoms with van der Waals surface area (Å²) in [6.07, 6.45) is 5.24. The van der Waals surface area contributed by atoms with Crippen LogP contribution in [-0.2, 0) is 22.4 Å². The van der Waals surface area contributed by atoms with Gasteiger partial charge in [0.05, 0.1) is 11.8 Å². The van der Waals surface area contributed by atoms with Crippen molar-refractivity contribution in [1.29, 1.82) is 5.26 Å². The average Bonchev–Trinajstić information content (AvgIpc) is 3.10. The number of benzene rings is 1. The van der Waals surface area contributed by atoms with Crippen LogP contribution < -0.4 is 20.2 Å². The number of hydrogen-bond donors (Lipinski definition) is 2. The van der Waals surface area contributed by atoms with E-state index in [2.05, 4.69) is 21.9 Å². The zero-order valence-corrected chi connectivity index (χ0v) is 16.3. The van der Waals surface area contributed by atoms with Gasteiger partial charge < -0.3 is 14.8 Å². The molecule has 1 aliphatic heterocycles. The lowest BCUT2D eigenvalue weighted by atomic mass is 9.96. The molecule has 0 fully saturated rings. The Labute approximate surface area is 171 Å². The van der Waals surface area contributed by atoms with E-state index in [9.17, 15) is 14.9 Å². The molecule has 1 aromatic carbocycles. The molecule has 8 nitrogen and oxygen atoms in total. The highest BCUT2D eigenvalue weighted by Gasteiger charge is 2.23. The minimum atomic E-state index is -0.908. The number of fused-ring (bicyclic) bond motifs is 2. The first kappa shape index (κ1) is 19.0. The summed E-state index contributed by atoms with van der Waals surface area (Å²) in [4.78, 5) is 25.4. The maximum atomic E-state index is 12.2. The molecule has 1 aromatic heterocycles. The molecule has 2 amide bonds. The van der Waals surface area contributed by atoms with E-state index in [0.29, 0.717) is 40.8 Å². The first-order valence-corrected chi connectivity index (χ1v) is 10.1. The highest BCUT2D eigenvalue weighted by atomic mass is 32.1. The number of nitriles is 1. The predicted molar refractivity (Wildman–Crippen MR) is 107 cm³/mol. The van der Waals surface area contributed by atoms with E-state index in [-0.39, 0.29) is 0 Å². The first-order chi connectivity index (χ1) is 14.2. The summed E-state index contributed by atoms with van der Waals surface area (Å²) in [5.74, 6) is -0.507. The van der Waals surface area contributed by atoms with Crippen molar-refractivity contribution in [2.75, 3.05) is 18.5 Å². The number of nitrogens with zero attached hydrogens (tertiary/aromatic N) is 2. The molecule has 0 unspecified atom stereocenters. The molecule has 0 saturated carbocycles. The summed E-state index contributed by atoms with van der Waals surface area (Å²) >= 11 is 1.37. The molecular weight excluding hydrogens is 392 g/mol. The number of anilines is 1. The number of ether oxygens (including phenoxy) is 2. The predicted octanol–water partition coefficient (Wildman–Crippen LogP) is 2.36. The number of thiophene rings is 1. The van der Waals surface area contributed by atoms with E-state index >= 15 is 0 Å². The Bertz CT molecular complexity index is 1040. The van der Waals surface area contributed by atoms with Crippen LogP contribution in [0.15, 0.2) is 23.3 Å². The minimum absolute atomic E-state index is 0.426. The third-order valence-corrected chi connectivity index (χ3v) is 5.87. The smallest absolute Gasteiger partial charge is 0.329 e. The van der Waals surface area contributed by atoms with Crippen LogP contribution in [0.1, 0.15) is 34.4 Å². The van der Waals surface area contributed by atoms with Crippen molar-refractivity contribution in [3.8, 4) is 17.6 Å². The van der Waals surface area contributed by atoms with E-state index in [1.165, 1.54) is 17.6 Å². The van der Waals surface area contributed by atoms with Gasteiger partial charge in [0.1, 0.15) is 24.3 Å². The molecule has 4 rings (SSSR count). The van der Waals surface area contributed by atoms with Crippen molar-refractivity contribution >= 4 is 34.4 Å². The van der Waals surface area contributed by atoms with Gasteiger partial charge in [0.25, 0.3) is 0 Å². The molecule has 29 heavy (non-hydrogen) atoms. The molecule has 2 N–H and O–H groups in total. The second kappa shape index (κ2) is 8.32. The highest BCUT2D eigenvalue weighted by molar-refractivity contribution is 7.16. The normalized spacial score (nSPS) is 14.7. The number of carbonyl (C=O) groups excluding carboxylic acids is 2. The fourth-order valence-corrected chi connectivity index (χ4v) is 4.52. The Morgan fingerprint density at radius 2 is 1.93 bits per heavy atom. The second-order valence-corrected chi connectivity index (χ2v) is 7.69. The van der Waals surface area contributed by atoms with Gasteiger partial charge >= 0.3 is 11.8 Å². The number of aryl methyl sites for hydroxylation is 1. The van der Waals surface area contributed by atoms with Crippen LogP contribution in [0.2, 0.25) is 0 Å². The second-order valence-electron chi connectivity index (χ2n) is 6.58. The van der Waals surface area contributed by atoms with Crippen LogP contribution in [0.25, 0.3) is 0 Å². The van der Waals surface area contributed by atoms with Crippen LogP contribution in [0.4, 0.5) is 5.00 Å². The standard InChI is InChI=1S/C20H18N4O4S/c21-10-14-13-3-1-2-4-17(13)29-20(14)23-18(25)19(26)24-22-11-12-5-6-15-16(9-12)28-8-7-27-15/h5-6,9,11H,1-4,7-8H2,(H,23,25)(H,24,26). The van der Waals surface area contributed by atoms with Gasteiger partial charge in [-0.15, -0.1) is 11.3 Å². The van der Waals surface area contributed by atoms with Crippen LogP contribution >= 0.6 is 11.3 Å². The van der Waals surface area contributed by atoms with Crippen LogP contribution in [0.5, 0.6) is 11.5 Å². The van der Waals surface area contributed by atoms with Crippen LogP contribution in [-0.4, -0.2) is 31.2 Å². The Morgan fingerprint density at radius 1 is 1.14 bits per heavy atom. The quantitative estimate of drug-likeness (QED) is 0.458. The van der Waals surface area contributed by atoms with E-state index in [1.54, 1.807) is 18.2 Å². The molecule has 2 heterocycles. The third-order valence-electron chi connectivity index (χ3n) is 4.66. The number of rotatable bonds is 3. The van der Waals surface area contributed by atoms with Gasteiger partial charge in [-0.25, -0.2) is 5.43 Å². The van der Waals surface area contributed by atoms with Crippen molar-refractivity contribution in [3.63, 3.8) is 0 Å². The lowest BCUT2D eigenvalue weighted by Gasteiger charge is -2.18. The third kappa shape index (κ3) is 4.07. The summed E-state index contributed by atoms with van der Waals surface area (Å²) in [6, 6.07) is 7.40. The Hall–Kier alpha value is -3.38. The van der Waals surface area contributed by atoms with Gasteiger partial charge in [-0.2, -0.15) is 10.4 Å². The monoisotopic (exact) mass is 410 g/mol. The molecule has 2 aromatic rings. The topological polar surface area (TPSA) is 113 Å². The van der Waals surface area contributed by atoms with E-state index in [4.69, 9.17) is 9.47 Å². The molecule has 2 aliphatic rings. The Kier molecular flexibility index (Phi) is 5.44. The van der Waals surface area contributed by atoms with Crippen molar-refractivity contribution in [3.05, 3.63) is 39.8 Å². The van der Waals surface area contributed by atoms with Gasteiger partial charge in [0.2, 0.25) is 0 Å². The summed E-state index contributed by atoms with van der Waals surface area (Å²) < 4.78 is 10.9. The fraction of sp³-hybridized carbons (Fsp3) is 0.300. The van der Waals surface area contributed by atoms with Crippen molar-refractivity contribution in [1.82, 2.24) is 5.43 Å². The zero-order valence-electron chi connectivity index (χ0n) is 15.5. The average molecular weight is 410 g/mol. The number of hydrogen-bond acceptors (Lipinski definition) is 7. The SMILES string of the molecule is N#Cc1c(NC(=O)C(=O)NN=Cc2ccc3c(c2)OCCO3)sc2c1CCCC2. The van der Waals surface area contributed by atoms with Crippen molar-refractivity contribution < 1.29 is 19.1 Å². The number of nitrogens with one attached hydrogen (secondary N) is 2. The van der Waals surface area contributed by atoms with Gasteiger partial charge in [-0.05, 0) is 55.0 Å². The minimum Gasteiger partial charge on any atom is -0.486 e. The van der Waals surface area contributed by atoms with Crippen molar-refractivity contribution in [2.24, 2.45) is 5.10 Å². The van der Waals surface area contributed by atoms with Crippen LogP contribution in [0, 0.1) is 11.3 Å². The van der Waals surface area contributed by atoms with E-state index in [0.717, 1.165) is 36.1 Å². The van der Waals surface area contributed by atoms with Gasteiger partial charge in [0.15, 0.2) is 11.5 Å². The molecule has 9 heteroatoms. The molecule has 0 atom stereocenters.